The molecule has 0 saturated heterocycles. The van der Waals surface area contributed by atoms with Crippen molar-refractivity contribution >= 4 is 29.2 Å². The Morgan fingerprint density at radius 1 is 1.04 bits per heavy atom. The van der Waals surface area contributed by atoms with Crippen molar-refractivity contribution in [3.8, 4) is 5.75 Å². The number of carbonyl (C=O) groups is 2. The summed E-state index contributed by atoms with van der Waals surface area (Å²) in [7, 11) is 0. The van der Waals surface area contributed by atoms with E-state index in [0.717, 1.165) is 27.9 Å². The zero-order chi connectivity index (χ0) is 20.1. The minimum atomic E-state index is -0.937. The number of hydrogen-bond donors (Lipinski definition) is 1. The third-order valence-electron chi connectivity index (χ3n) is 4.17. The van der Waals surface area contributed by atoms with E-state index < -0.39 is 12.1 Å². The van der Waals surface area contributed by atoms with Gasteiger partial charge in [0.25, 0.3) is 5.91 Å². The summed E-state index contributed by atoms with van der Waals surface area (Å²) in [5.74, 6) is -0.420. The van der Waals surface area contributed by atoms with Crippen LogP contribution < -0.4 is 10.1 Å². The fraction of sp³-hybridized carbons (Fsp3) is 0.333. The molecule has 144 valence electrons. The van der Waals surface area contributed by atoms with Crippen LogP contribution in [0.1, 0.15) is 29.2 Å². The number of anilines is 1. The number of ether oxygens (including phenoxy) is 2. The summed E-state index contributed by atoms with van der Waals surface area (Å²) in [6, 6.07) is 9.25. The van der Waals surface area contributed by atoms with Crippen molar-refractivity contribution in [2.24, 2.45) is 0 Å². The second-order valence-corrected chi connectivity index (χ2v) is 6.98. The SMILES string of the molecule is Cc1cccc(C)c1NC(=O)[C@@H](C)OC(=O)COc1c(C)cc(Cl)cc1C. The van der Waals surface area contributed by atoms with Gasteiger partial charge in [0.2, 0.25) is 0 Å². The first kappa shape index (κ1) is 20.8. The average molecular weight is 390 g/mol. The quantitative estimate of drug-likeness (QED) is 0.737. The lowest BCUT2D eigenvalue weighted by molar-refractivity contribution is -0.155. The van der Waals surface area contributed by atoms with Crippen molar-refractivity contribution in [2.45, 2.75) is 40.7 Å². The monoisotopic (exact) mass is 389 g/mol. The second-order valence-electron chi connectivity index (χ2n) is 6.55. The molecule has 2 aromatic rings. The molecular formula is C21H24ClNO4. The van der Waals surface area contributed by atoms with Crippen LogP contribution in [-0.4, -0.2) is 24.6 Å². The maximum atomic E-state index is 12.3. The lowest BCUT2D eigenvalue weighted by atomic mass is 10.1. The maximum absolute atomic E-state index is 12.3. The first-order valence-corrected chi connectivity index (χ1v) is 9.03. The van der Waals surface area contributed by atoms with E-state index in [1.807, 2.05) is 45.9 Å². The van der Waals surface area contributed by atoms with Crippen LogP contribution in [0.25, 0.3) is 0 Å². The van der Waals surface area contributed by atoms with Crippen LogP contribution in [0.4, 0.5) is 5.69 Å². The molecule has 1 N–H and O–H groups in total. The normalized spacial score (nSPS) is 11.6. The number of rotatable bonds is 6. The summed E-state index contributed by atoms with van der Waals surface area (Å²) in [5.41, 5.74) is 4.27. The summed E-state index contributed by atoms with van der Waals surface area (Å²) in [5, 5.41) is 3.42. The second kappa shape index (κ2) is 8.91. The number of aryl methyl sites for hydroxylation is 4. The molecular weight excluding hydrogens is 366 g/mol. The maximum Gasteiger partial charge on any atom is 0.344 e. The molecule has 0 unspecified atom stereocenters. The molecule has 0 spiro atoms. The van der Waals surface area contributed by atoms with E-state index in [4.69, 9.17) is 21.1 Å². The molecule has 27 heavy (non-hydrogen) atoms. The van der Waals surface area contributed by atoms with Crippen LogP contribution in [0, 0.1) is 27.7 Å². The summed E-state index contributed by atoms with van der Waals surface area (Å²) in [4.78, 5) is 24.4. The van der Waals surface area contributed by atoms with Gasteiger partial charge in [-0.15, -0.1) is 0 Å². The number of halogens is 1. The number of hydrogen-bond acceptors (Lipinski definition) is 4. The molecule has 0 aliphatic carbocycles. The Balaban J connectivity index is 1.93. The van der Waals surface area contributed by atoms with E-state index in [1.165, 1.54) is 6.92 Å². The van der Waals surface area contributed by atoms with Gasteiger partial charge in [-0.1, -0.05) is 29.8 Å². The number of amides is 1. The number of benzene rings is 2. The first-order chi connectivity index (χ1) is 12.7. The summed E-state index contributed by atoms with van der Waals surface area (Å²) in [6.45, 7) is 8.75. The molecule has 0 bridgehead atoms. The topological polar surface area (TPSA) is 64.6 Å². The highest BCUT2D eigenvalue weighted by Gasteiger charge is 2.20. The third-order valence-corrected chi connectivity index (χ3v) is 4.38. The lowest BCUT2D eigenvalue weighted by Gasteiger charge is -2.17. The molecule has 1 atom stereocenters. The predicted molar refractivity (Wildman–Crippen MR) is 107 cm³/mol. The lowest BCUT2D eigenvalue weighted by Crippen LogP contribution is -2.32. The molecule has 0 fully saturated rings. The Kier molecular flexibility index (Phi) is 6.86. The van der Waals surface area contributed by atoms with Crippen molar-refractivity contribution in [2.75, 3.05) is 11.9 Å². The Morgan fingerprint density at radius 2 is 1.59 bits per heavy atom. The number of carbonyl (C=O) groups excluding carboxylic acids is 2. The number of esters is 1. The molecule has 0 heterocycles. The van der Waals surface area contributed by atoms with Gasteiger partial charge in [0.15, 0.2) is 12.7 Å². The summed E-state index contributed by atoms with van der Waals surface area (Å²) < 4.78 is 10.7. The third kappa shape index (κ3) is 5.47. The smallest absolute Gasteiger partial charge is 0.344 e. The van der Waals surface area contributed by atoms with Crippen LogP contribution in [0.3, 0.4) is 0 Å². The van der Waals surface area contributed by atoms with E-state index in [2.05, 4.69) is 5.32 Å². The Labute approximate surface area is 164 Å². The van der Waals surface area contributed by atoms with E-state index >= 15 is 0 Å². The molecule has 0 radical (unpaired) electrons. The molecule has 0 aromatic heterocycles. The Bertz CT molecular complexity index is 820. The van der Waals surface area contributed by atoms with Gasteiger partial charge in [0.05, 0.1) is 0 Å². The van der Waals surface area contributed by atoms with Crippen LogP contribution in [0.15, 0.2) is 30.3 Å². The van der Waals surface area contributed by atoms with Crippen molar-refractivity contribution in [3.63, 3.8) is 0 Å². The number of para-hydroxylation sites is 1. The van der Waals surface area contributed by atoms with Crippen LogP contribution in [-0.2, 0) is 14.3 Å². The Hall–Kier alpha value is -2.53. The Morgan fingerprint density at radius 3 is 2.15 bits per heavy atom. The van der Waals surface area contributed by atoms with Crippen LogP contribution in [0.5, 0.6) is 5.75 Å². The van der Waals surface area contributed by atoms with E-state index in [-0.39, 0.29) is 12.5 Å². The van der Waals surface area contributed by atoms with Crippen LogP contribution in [0.2, 0.25) is 5.02 Å². The minimum absolute atomic E-state index is 0.287. The van der Waals surface area contributed by atoms with Crippen molar-refractivity contribution in [1.29, 1.82) is 0 Å². The van der Waals surface area contributed by atoms with Gasteiger partial charge >= 0.3 is 5.97 Å². The first-order valence-electron chi connectivity index (χ1n) is 8.65. The summed E-state index contributed by atoms with van der Waals surface area (Å²) >= 11 is 5.99. The average Bonchev–Trinajstić information content (AvgIpc) is 2.57. The van der Waals surface area contributed by atoms with E-state index in [9.17, 15) is 9.59 Å². The fourth-order valence-electron chi connectivity index (χ4n) is 2.78. The molecule has 6 heteroatoms. The van der Waals surface area contributed by atoms with Gasteiger partial charge < -0.3 is 14.8 Å². The van der Waals surface area contributed by atoms with Gasteiger partial charge in [-0.3, -0.25) is 4.79 Å². The predicted octanol–water partition coefficient (Wildman–Crippen LogP) is 4.52. The summed E-state index contributed by atoms with van der Waals surface area (Å²) in [6.07, 6.45) is -0.937. The molecule has 5 nitrogen and oxygen atoms in total. The van der Waals surface area contributed by atoms with Gasteiger partial charge in [-0.25, -0.2) is 4.79 Å². The molecule has 2 rings (SSSR count). The molecule has 0 aliphatic heterocycles. The highest BCUT2D eigenvalue weighted by molar-refractivity contribution is 6.30. The standard InChI is InChI=1S/C21H24ClNO4/c1-12-7-6-8-13(2)19(12)23-21(25)16(5)27-18(24)11-26-20-14(3)9-17(22)10-15(20)4/h6-10,16H,11H2,1-5H3,(H,23,25)/t16-/m1/s1. The highest BCUT2D eigenvalue weighted by atomic mass is 35.5. The van der Waals surface area contributed by atoms with E-state index in [0.29, 0.717) is 10.8 Å². The molecule has 1 amide bonds. The molecule has 2 aromatic carbocycles. The molecule has 0 saturated carbocycles. The van der Waals surface area contributed by atoms with Crippen molar-refractivity contribution in [3.05, 3.63) is 57.6 Å². The molecule has 0 aliphatic rings. The van der Waals surface area contributed by atoms with Gasteiger partial charge in [-0.2, -0.15) is 0 Å². The van der Waals surface area contributed by atoms with Crippen molar-refractivity contribution < 1.29 is 19.1 Å². The largest absolute Gasteiger partial charge is 0.481 e. The zero-order valence-electron chi connectivity index (χ0n) is 16.2. The van der Waals surface area contributed by atoms with Gasteiger partial charge in [0.1, 0.15) is 5.75 Å². The fourth-order valence-corrected chi connectivity index (χ4v) is 3.10. The van der Waals surface area contributed by atoms with Gasteiger partial charge in [-0.05, 0) is 69.0 Å². The van der Waals surface area contributed by atoms with E-state index in [1.54, 1.807) is 12.1 Å². The minimum Gasteiger partial charge on any atom is -0.481 e. The highest BCUT2D eigenvalue weighted by Crippen LogP contribution is 2.27. The van der Waals surface area contributed by atoms with Crippen LogP contribution >= 0.6 is 11.6 Å². The van der Waals surface area contributed by atoms with Gasteiger partial charge in [0, 0.05) is 10.7 Å². The zero-order valence-corrected chi connectivity index (χ0v) is 16.9. The van der Waals surface area contributed by atoms with Crippen molar-refractivity contribution in [1.82, 2.24) is 0 Å². The number of nitrogens with one attached hydrogen (secondary N) is 1.